The molecule has 0 aliphatic heterocycles. The Balaban J connectivity index is 1.99. The van der Waals surface area contributed by atoms with Gasteiger partial charge >= 0.3 is 5.97 Å². The summed E-state index contributed by atoms with van der Waals surface area (Å²) >= 11 is 0. The Bertz CT molecular complexity index is 377. The number of hydrogen-bond donors (Lipinski definition) is 0. The predicted octanol–water partition coefficient (Wildman–Crippen LogP) is 1.44. The van der Waals surface area contributed by atoms with Crippen molar-refractivity contribution in [1.82, 2.24) is 0 Å². The summed E-state index contributed by atoms with van der Waals surface area (Å²) in [4.78, 5) is 11.8. The minimum absolute atomic E-state index is 0.270. The van der Waals surface area contributed by atoms with Crippen molar-refractivity contribution >= 4 is 15.8 Å². The van der Waals surface area contributed by atoms with Crippen LogP contribution in [0.1, 0.15) is 45.4 Å². The first-order chi connectivity index (χ1) is 7.54. The van der Waals surface area contributed by atoms with Crippen molar-refractivity contribution in [1.29, 1.82) is 0 Å². The van der Waals surface area contributed by atoms with E-state index in [-0.39, 0.29) is 5.25 Å². The van der Waals surface area contributed by atoms with E-state index in [9.17, 15) is 13.2 Å². The lowest BCUT2D eigenvalue weighted by Gasteiger charge is -2.14. The second-order valence-corrected chi connectivity index (χ2v) is 7.27. The maximum absolute atomic E-state index is 12.1. The van der Waals surface area contributed by atoms with Crippen molar-refractivity contribution in [2.24, 2.45) is 0 Å². The minimum Gasteiger partial charge on any atom is -0.465 e. The summed E-state index contributed by atoms with van der Waals surface area (Å²) in [6.07, 6.45) is 4.08. The number of rotatable bonds is 6. The zero-order valence-electron chi connectivity index (χ0n) is 9.57. The lowest BCUT2D eigenvalue weighted by atomic mass is 10.3. The van der Waals surface area contributed by atoms with E-state index < -0.39 is 20.6 Å². The number of sulfone groups is 1. The third kappa shape index (κ3) is 1.85. The van der Waals surface area contributed by atoms with Crippen LogP contribution in [-0.2, 0) is 19.4 Å². The van der Waals surface area contributed by atoms with Gasteiger partial charge in [-0.2, -0.15) is 0 Å². The topological polar surface area (TPSA) is 60.4 Å². The van der Waals surface area contributed by atoms with Gasteiger partial charge in [0.2, 0.25) is 0 Å². The highest BCUT2D eigenvalue weighted by Gasteiger charge is 2.65. The first-order valence-electron chi connectivity index (χ1n) is 5.95. The van der Waals surface area contributed by atoms with Gasteiger partial charge in [0.05, 0.1) is 11.9 Å². The standard InChI is InChI=1S/C11H18O4S/c1-2-3-8-15-10(12)11(6-7-11)16(13,14)9-4-5-9/h9H,2-8H2,1H3. The Morgan fingerprint density at radius 2 is 2.00 bits per heavy atom. The molecule has 5 heteroatoms. The zero-order valence-corrected chi connectivity index (χ0v) is 10.4. The van der Waals surface area contributed by atoms with Crippen LogP contribution in [-0.4, -0.2) is 31.0 Å². The van der Waals surface area contributed by atoms with E-state index in [0.29, 0.717) is 32.3 Å². The fourth-order valence-electron chi connectivity index (χ4n) is 1.86. The summed E-state index contributed by atoms with van der Waals surface area (Å²) in [6, 6.07) is 0. The average molecular weight is 246 g/mol. The number of ether oxygens (including phenoxy) is 1. The van der Waals surface area contributed by atoms with Gasteiger partial charge in [0.15, 0.2) is 14.6 Å². The van der Waals surface area contributed by atoms with Crippen LogP contribution >= 0.6 is 0 Å². The maximum atomic E-state index is 12.1. The monoisotopic (exact) mass is 246 g/mol. The van der Waals surface area contributed by atoms with Crippen molar-refractivity contribution in [3.8, 4) is 0 Å². The summed E-state index contributed by atoms with van der Waals surface area (Å²) in [7, 11) is -3.27. The fraction of sp³-hybridized carbons (Fsp3) is 0.909. The number of carbonyl (C=O) groups excluding carboxylic acids is 1. The molecule has 0 spiro atoms. The Morgan fingerprint density at radius 1 is 1.38 bits per heavy atom. The van der Waals surface area contributed by atoms with Crippen molar-refractivity contribution < 1.29 is 17.9 Å². The Kier molecular flexibility index (Phi) is 2.99. The Morgan fingerprint density at radius 3 is 2.44 bits per heavy atom. The summed E-state index contributed by atoms with van der Waals surface area (Å²) in [5, 5.41) is -0.270. The highest BCUT2D eigenvalue weighted by atomic mass is 32.2. The van der Waals surface area contributed by atoms with Crippen LogP contribution < -0.4 is 0 Å². The molecule has 0 heterocycles. The van der Waals surface area contributed by atoms with Gasteiger partial charge in [0, 0.05) is 0 Å². The highest BCUT2D eigenvalue weighted by molar-refractivity contribution is 7.94. The molecular formula is C11H18O4S. The molecule has 0 bridgehead atoms. The number of unbranched alkanes of at least 4 members (excludes halogenated alkanes) is 1. The SMILES string of the molecule is CCCCOC(=O)C1(S(=O)(=O)C2CC2)CC1. The normalized spacial score (nSPS) is 22.8. The van der Waals surface area contributed by atoms with Gasteiger partial charge in [0.1, 0.15) is 0 Å². The minimum atomic E-state index is -3.27. The molecule has 0 atom stereocenters. The molecule has 0 amide bonds. The zero-order chi connectivity index (χ0) is 11.8. The first kappa shape index (κ1) is 11.9. The smallest absolute Gasteiger partial charge is 0.327 e. The van der Waals surface area contributed by atoms with Crippen LogP contribution in [0.2, 0.25) is 0 Å². The highest BCUT2D eigenvalue weighted by Crippen LogP contribution is 2.50. The molecule has 16 heavy (non-hydrogen) atoms. The molecule has 0 aromatic carbocycles. The van der Waals surface area contributed by atoms with Crippen molar-refractivity contribution in [3.05, 3.63) is 0 Å². The molecule has 0 N–H and O–H groups in total. The second-order valence-electron chi connectivity index (χ2n) is 4.73. The summed E-state index contributed by atoms with van der Waals surface area (Å²) in [5.41, 5.74) is 0. The molecule has 4 nitrogen and oxygen atoms in total. The molecule has 2 aliphatic rings. The Hall–Kier alpha value is -0.580. The second kappa shape index (κ2) is 4.02. The Labute approximate surface area is 96.3 Å². The van der Waals surface area contributed by atoms with Crippen molar-refractivity contribution in [2.45, 2.75) is 55.4 Å². The van der Waals surface area contributed by atoms with Crippen LogP contribution in [0, 0.1) is 0 Å². The van der Waals surface area contributed by atoms with Crippen molar-refractivity contribution in [2.75, 3.05) is 6.61 Å². The van der Waals surface area contributed by atoms with Crippen LogP contribution in [0.5, 0.6) is 0 Å². The quantitative estimate of drug-likeness (QED) is 0.525. The van der Waals surface area contributed by atoms with E-state index in [4.69, 9.17) is 4.74 Å². The number of carbonyl (C=O) groups is 1. The van der Waals surface area contributed by atoms with Crippen LogP contribution in [0.4, 0.5) is 0 Å². The van der Waals surface area contributed by atoms with Gasteiger partial charge in [-0.3, -0.25) is 4.79 Å². The fourth-order valence-corrected chi connectivity index (χ4v) is 4.21. The largest absolute Gasteiger partial charge is 0.465 e. The third-order valence-electron chi connectivity index (χ3n) is 3.32. The lowest BCUT2D eigenvalue weighted by Crippen LogP contribution is -2.36. The number of esters is 1. The first-order valence-corrected chi connectivity index (χ1v) is 7.50. The van der Waals surface area contributed by atoms with E-state index in [0.717, 1.165) is 12.8 Å². The van der Waals surface area contributed by atoms with Gasteiger partial charge in [-0.05, 0) is 32.1 Å². The molecule has 0 saturated heterocycles. The molecule has 0 aromatic rings. The molecular weight excluding hydrogens is 228 g/mol. The van der Waals surface area contributed by atoms with Gasteiger partial charge in [-0.1, -0.05) is 13.3 Å². The lowest BCUT2D eigenvalue weighted by molar-refractivity contribution is -0.144. The average Bonchev–Trinajstić information content (AvgIpc) is 3.08. The molecule has 2 aliphatic carbocycles. The molecule has 2 saturated carbocycles. The van der Waals surface area contributed by atoms with Crippen LogP contribution in [0.25, 0.3) is 0 Å². The van der Waals surface area contributed by atoms with Gasteiger partial charge < -0.3 is 4.74 Å². The summed E-state index contributed by atoms with van der Waals surface area (Å²) < 4.78 is 28.0. The molecule has 92 valence electrons. The molecule has 2 rings (SSSR count). The van der Waals surface area contributed by atoms with Crippen LogP contribution in [0.15, 0.2) is 0 Å². The van der Waals surface area contributed by atoms with E-state index in [1.807, 2.05) is 6.92 Å². The molecule has 2 fully saturated rings. The third-order valence-corrected chi connectivity index (χ3v) is 6.33. The van der Waals surface area contributed by atoms with E-state index in [1.165, 1.54) is 0 Å². The summed E-state index contributed by atoms with van der Waals surface area (Å²) in [5.74, 6) is -0.507. The van der Waals surface area contributed by atoms with Gasteiger partial charge in [-0.15, -0.1) is 0 Å². The molecule has 0 radical (unpaired) electrons. The molecule has 0 unspecified atom stereocenters. The van der Waals surface area contributed by atoms with Crippen molar-refractivity contribution in [3.63, 3.8) is 0 Å². The predicted molar refractivity (Wildman–Crippen MR) is 59.8 cm³/mol. The van der Waals surface area contributed by atoms with Gasteiger partial charge in [0.25, 0.3) is 0 Å². The van der Waals surface area contributed by atoms with E-state index in [1.54, 1.807) is 0 Å². The number of hydrogen-bond acceptors (Lipinski definition) is 4. The van der Waals surface area contributed by atoms with Crippen LogP contribution in [0.3, 0.4) is 0 Å². The van der Waals surface area contributed by atoms with E-state index in [2.05, 4.69) is 0 Å². The molecule has 0 aromatic heterocycles. The van der Waals surface area contributed by atoms with Gasteiger partial charge in [-0.25, -0.2) is 8.42 Å². The summed E-state index contributed by atoms with van der Waals surface area (Å²) in [6.45, 7) is 2.35. The van der Waals surface area contributed by atoms with E-state index >= 15 is 0 Å². The maximum Gasteiger partial charge on any atom is 0.327 e.